The van der Waals surface area contributed by atoms with Crippen LogP contribution >= 0.6 is 12.4 Å². The number of nitrogens with two attached hydrogens (primary N) is 1. The molecular weight excluding hydrogens is 250 g/mol. The normalized spacial score (nSPS) is 25.4. The third-order valence-electron chi connectivity index (χ3n) is 3.79. The number of hydrogen-bond donors (Lipinski definition) is 2. The Balaban J connectivity index is 0.00000120. The molecule has 0 aromatic heterocycles. The highest BCUT2D eigenvalue weighted by atomic mass is 35.5. The number of phenols is 1. The topological polar surface area (TPSA) is 55.5 Å². The number of aromatic hydroxyl groups is 1. The summed E-state index contributed by atoms with van der Waals surface area (Å²) in [5.74, 6) is 3.07. The van der Waals surface area contributed by atoms with Gasteiger partial charge in [0.1, 0.15) is 11.5 Å². The van der Waals surface area contributed by atoms with E-state index in [0.717, 1.165) is 36.8 Å². The average molecular weight is 270 g/mol. The summed E-state index contributed by atoms with van der Waals surface area (Å²) in [7, 11) is 0. The Morgan fingerprint density at radius 3 is 2.72 bits per heavy atom. The van der Waals surface area contributed by atoms with E-state index in [9.17, 15) is 5.11 Å². The summed E-state index contributed by atoms with van der Waals surface area (Å²) >= 11 is 0. The Bertz CT molecular complexity index is 420. The monoisotopic (exact) mass is 269 g/mol. The summed E-state index contributed by atoms with van der Waals surface area (Å²) in [5.41, 5.74) is 6.82. The second-order valence-corrected chi connectivity index (χ2v) is 5.31. The SMILES string of the molecule is Cl.NC[C@H]1C[C@@H]1c1cc(O)ccc1OCC1CC1. The first-order valence-electron chi connectivity index (χ1n) is 6.43. The molecule has 3 N–H and O–H groups in total. The van der Waals surface area contributed by atoms with Crippen molar-refractivity contribution in [2.75, 3.05) is 13.2 Å². The molecule has 1 aromatic rings. The summed E-state index contributed by atoms with van der Waals surface area (Å²) in [4.78, 5) is 0. The molecule has 1 aromatic carbocycles. The van der Waals surface area contributed by atoms with Crippen LogP contribution in [0.15, 0.2) is 18.2 Å². The second-order valence-electron chi connectivity index (χ2n) is 5.31. The first-order chi connectivity index (χ1) is 8.28. The van der Waals surface area contributed by atoms with E-state index in [1.807, 2.05) is 12.1 Å². The average Bonchev–Trinajstić information content (AvgIpc) is 3.21. The molecule has 0 heterocycles. The van der Waals surface area contributed by atoms with Crippen molar-refractivity contribution in [3.8, 4) is 11.5 Å². The maximum absolute atomic E-state index is 9.58. The van der Waals surface area contributed by atoms with Crippen molar-refractivity contribution in [1.29, 1.82) is 0 Å². The van der Waals surface area contributed by atoms with Crippen molar-refractivity contribution in [3.63, 3.8) is 0 Å². The predicted octanol–water partition coefficient (Wildman–Crippen LogP) is 2.67. The first-order valence-corrected chi connectivity index (χ1v) is 6.43. The molecule has 2 saturated carbocycles. The number of phenolic OH excluding ortho intramolecular Hbond substituents is 1. The molecule has 2 atom stereocenters. The van der Waals surface area contributed by atoms with Gasteiger partial charge in [0.15, 0.2) is 0 Å². The lowest BCUT2D eigenvalue weighted by Gasteiger charge is -2.11. The third kappa shape index (κ3) is 2.90. The molecule has 0 spiro atoms. The minimum Gasteiger partial charge on any atom is -0.508 e. The zero-order valence-corrected chi connectivity index (χ0v) is 11.2. The van der Waals surface area contributed by atoms with Crippen LogP contribution in [-0.4, -0.2) is 18.3 Å². The van der Waals surface area contributed by atoms with Crippen LogP contribution in [0.4, 0.5) is 0 Å². The molecule has 0 radical (unpaired) electrons. The van der Waals surface area contributed by atoms with Crippen molar-refractivity contribution in [3.05, 3.63) is 23.8 Å². The van der Waals surface area contributed by atoms with Crippen molar-refractivity contribution in [2.24, 2.45) is 17.6 Å². The summed E-state index contributed by atoms with van der Waals surface area (Å²) in [5, 5.41) is 9.58. The van der Waals surface area contributed by atoms with Crippen molar-refractivity contribution in [1.82, 2.24) is 0 Å². The minimum atomic E-state index is 0. The zero-order chi connectivity index (χ0) is 11.8. The quantitative estimate of drug-likeness (QED) is 0.864. The van der Waals surface area contributed by atoms with E-state index in [0.29, 0.717) is 17.6 Å². The number of benzene rings is 1. The first kappa shape index (κ1) is 13.5. The maximum atomic E-state index is 9.58. The van der Waals surface area contributed by atoms with E-state index in [1.54, 1.807) is 6.07 Å². The molecule has 18 heavy (non-hydrogen) atoms. The molecular formula is C14H20ClNO2. The van der Waals surface area contributed by atoms with Gasteiger partial charge in [0, 0.05) is 5.56 Å². The van der Waals surface area contributed by atoms with E-state index in [1.165, 1.54) is 12.8 Å². The third-order valence-corrected chi connectivity index (χ3v) is 3.79. The van der Waals surface area contributed by atoms with Crippen molar-refractivity contribution in [2.45, 2.75) is 25.2 Å². The highest BCUT2D eigenvalue weighted by molar-refractivity contribution is 5.85. The van der Waals surface area contributed by atoms with E-state index in [-0.39, 0.29) is 12.4 Å². The van der Waals surface area contributed by atoms with Crippen LogP contribution in [-0.2, 0) is 0 Å². The molecule has 0 bridgehead atoms. The van der Waals surface area contributed by atoms with E-state index < -0.39 is 0 Å². The van der Waals surface area contributed by atoms with Crippen LogP contribution in [0.25, 0.3) is 0 Å². The second kappa shape index (κ2) is 5.37. The number of hydrogen-bond acceptors (Lipinski definition) is 3. The molecule has 0 amide bonds. The van der Waals surface area contributed by atoms with Crippen LogP contribution in [0.3, 0.4) is 0 Å². The standard InChI is InChI=1S/C14H19NO2.ClH/c15-7-10-5-12(10)13-6-11(16)3-4-14(13)17-8-9-1-2-9;/h3-4,6,9-10,12,16H,1-2,5,7-8,15H2;1H/t10-,12+;/m1./s1. The number of rotatable bonds is 5. The molecule has 0 aliphatic heterocycles. The van der Waals surface area contributed by atoms with Gasteiger partial charge in [0.25, 0.3) is 0 Å². The highest BCUT2D eigenvalue weighted by Gasteiger charge is 2.39. The lowest BCUT2D eigenvalue weighted by molar-refractivity contribution is 0.296. The molecule has 3 rings (SSSR count). The Morgan fingerprint density at radius 1 is 1.33 bits per heavy atom. The number of halogens is 1. The molecule has 4 heteroatoms. The molecule has 0 saturated heterocycles. The zero-order valence-electron chi connectivity index (χ0n) is 10.3. The molecule has 2 aliphatic rings. The smallest absolute Gasteiger partial charge is 0.123 e. The fraction of sp³-hybridized carbons (Fsp3) is 0.571. The van der Waals surface area contributed by atoms with E-state index >= 15 is 0 Å². The van der Waals surface area contributed by atoms with Gasteiger partial charge < -0.3 is 15.6 Å². The fourth-order valence-electron chi connectivity index (χ4n) is 2.34. The largest absolute Gasteiger partial charge is 0.508 e. The number of ether oxygens (including phenoxy) is 1. The van der Waals surface area contributed by atoms with Gasteiger partial charge in [0.2, 0.25) is 0 Å². The minimum absolute atomic E-state index is 0. The molecule has 100 valence electrons. The van der Waals surface area contributed by atoms with E-state index in [4.69, 9.17) is 10.5 Å². The van der Waals surface area contributed by atoms with Gasteiger partial charge in [-0.1, -0.05) is 0 Å². The van der Waals surface area contributed by atoms with Crippen molar-refractivity contribution >= 4 is 12.4 Å². The summed E-state index contributed by atoms with van der Waals surface area (Å²) in [6.07, 6.45) is 3.71. The molecule has 2 fully saturated rings. The Hall–Kier alpha value is -0.930. The maximum Gasteiger partial charge on any atom is 0.123 e. The van der Waals surface area contributed by atoms with Crippen LogP contribution < -0.4 is 10.5 Å². The Kier molecular flexibility index (Phi) is 4.03. The Morgan fingerprint density at radius 2 is 2.11 bits per heavy atom. The fourth-order valence-corrected chi connectivity index (χ4v) is 2.34. The van der Waals surface area contributed by atoms with Crippen LogP contribution in [0.2, 0.25) is 0 Å². The molecule has 0 unspecified atom stereocenters. The molecule has 2 aliphatic carbocycles. The summed E-state index contributed by atoms with van der Waals surface area (Å²) in [6.45, 7) is 1.54. The van der Waals surface area contributed by atoms with Gasteiger partial charge in [-0.15, -0.1) is 12.4 Å². The lowest BCUT2D eigenvalue weighted by Crippen LogP contribution is -2.04. The van der Waals surface area contributed by atoms with Crippen LogP contribution in [0.5, 0.6) is 11.5 Å². The lowest BCUT2D eigenvalue weighted by atomic mass is 10.1. The van der Waals surface area contributed by atoms with Gasteiger partial charge in [-0.3, -0.25) is 0 Å². The summed E-state index contributed by atoms with van der Waals surface area (Å²) < 4.78 is 5.86. The molecule has 3 nitrogen and oxygen atoms in total. The highest BCUT2D eigenvalue weighted by Crippen LogP contribution is 2.50. The van der Waals surface area contributed by atoms with Gasteiger partial charge >= 0.3 is 0 Å². The van der Waals surface area contributed by atoms with Crippen molar-refractivity contribution < 1.29 is 9.84 Å². The summed E-state index contributed by atoms with van der Waals surface area (Å²) in [6, 6.07) is 5.42. The predicted molar refractivity (Wildman–Crippen MR) is 73.5 cm³/mol. The van der Waals surface area contributed by atoms with Gasteiger partial charge in [0.05, 0.1) is 6.61 Å². The Labute approximate surface area is 114 Å². The van der Waals surface area contributed by atoms with E-state index in [2.05, 4.69) is 0 Å². The van der Waals surface area contributed by atoms with Gasteiger partial charge in [-0.25, -0.2) is 0 Å². The van der Waals surface area contributed by atoms with Gasteiger partial charge in [-0.05, 0) is 61.8 Å². The van der Waals surface area contributed by atoms with Crippen LogP contribution in [0, 0.1) is 11.8 Å². The van der Waals surface area contributed by atoms with Gasteiger partial charge in [-0.2, -0.15) is 0 Å². The van der Waals surface area contributed by atoms with Crippen LogP contribution in [0.1, 0.15) is 30.7 Å².